The summed E-state index contributed by atoms with van der Waals surface area (Å²) in [5.41, 5.74) is 0.434. The van der Waals surface area contributed by atoms with Crippen molar-refractivity contribution in [2.24, 2.45) is 0 Å². The van der Waals surface area contributed by atoms with Gasteiger partial charge in [0.25, 0.3) is 0 Å². The summed E-state index contributed by atoms with van der Waals surface area (Å²) in [6, 6.07) is 19.3. The number of nitrogens with one attached hydrogen (secondary N) is 2. The van der Waals surface area contributed by atoms with Crippen LogP contribution in [0.4, 0.5) is 0 Å². The standard InChI is InChI=1S/C23H24N2O5S/c1-17(26)18-9-11-20(12-10-18)31(28,29)25-14-13-23(27)24-15-16-30-22-8-4-6-19-5-2-3-7-21(19)22/h2-12,25H,13-16H2,1H3,(H,24,27). The molecule has 0 aliphatic rings. The van der Waals surface area contributed by atoms with Crippen molar-refractivity contribution in [3.8, 4) is 5.75 Å². The Kier molecular flexibility index (Phi) is 7.38. The van der Waals surface area contributed by atoms with Crippen LogP contribution in [0.2, 0.25) is 0 Å². The van der Waals surface area contributed by atoms with Gasteiger partial charge in [-0.1, -0.05) is 48.5 Å². The second-order valence-electron chi connectivity index (χ2n) is 6.90. The summed E-state index contributed by atoms with van der Waals surface area (Å²) < 4.78 is 32.7. The average molecular weight is 441 g/mol. The molecule has 0 aliphatic heterocycles. The van der Waals surface area contributed by atoms with Crippen LogP contribution in [-0.2, 0) is 14.8 Å². The number of amides is 1. The molecule has 0 saturated heterocycles. The van der Waals surface area contributed by atoms with E-state index in [0.29, 0.717) is 18.7 Å². The lowest BCUT2D eigenvalue weighted by Gasteiger charge is -2.10. The highest BCUT2D eigenvalue weighted by Crippen LogP contribution is 2.24. The van der Waals surface area contributed by atoms with Gasteiger partial charge in [0.15, 0.2) is 5.78 Å². The molecular weight excluding hydrogens is 416 g/mol. The number of ketones is 1. The molecule has 3 aromatic rings. The smallest absolute Gasteiger partial charge is 0.240 e. The summed E-state index contributed by atoms with van der Waals surface area (Å²) in [5, 5.41) is 4.79. The van der Waals surface area contributed by atoms with Gasteiger partial charge < -0.3 is 10.1 Å². The fourth-order valence-electron chi connectivity index (χ4n) is 3.01. The molecule has 0 saturated carbocycles. The minimum Gasteiger partial charge on any atom is -0.491 e. The average Bonchev–Trinajstić information content (AvgIpc) is 2.76. The van der Waals surface area contributed by atoms with Crippen LogP contribution >= 0.6 is 0 Å². The molecular formula is C23H24N2O5S. The van der Waals surface area contributed by atoms with E-state index in [1.165, 1.54) is 31.2 Å². The van der Waals surface area contributed by atoms with Crippen LogP contribution in [-0.4, -0.2) is 39.8 Å². The molecule has 0 spiro atoms. The van der Waals surface area contributed by atoms with E-state index in [1.807, 2.05) is 42.5 Å². The van der Waals surface area contributed by atoms with Gasteiger partial charge in [-0.15, -0.1) is 0 Å². The highest BCUT2D eigenvalue weighted by molar-refractivity contribution is 7.89. The Bertz CT molecular complexity index is 1170. The van der Waals surface area contributed by atoms with Crippen molar-refractivity contribution < 1.29 is 22.7 Å². The SMILES string of the molecule is CC(=O)c1ccc(S(=O)(=O)NCCC(=O)NCCOc2cccc3ccccc23)cc1. The number of hydrogen-bond donors (Lipinski definition) is 2. The molecule has 0 aliphatic carbocycles. The van der Waals surface area contributed by atoms with Crippen LogP contribution in [0.5, 0.6) is 5.75 Å². The molecule has 2 N–H and O–H groups in total. The third kappa shape index (κ3) is 6.13. The predicted octanol–water partition coefficient (Wildman–Crippen LogP) is 2.91. The van der Waals surface area contributed by atoms with E-state index in [9.17, 15) is 18.0 Å². The first-order valence-corrected chi connectivity index (χ1v) is 11.3. The van der Waals surface area contributed by atoms with Crippen molar-refractivity contribution >= 4 is 32.5 Å². The molecule has 3 rings (SSSR count). The Morgan fingerprint density at radius 3 is 2.35 bits per heavy atom. The fourth-order valence-corrected chi connectivity index (χ4v) is 4.04. The van der Waals surface area contributed by atoms with E-state index in [1.54, 1.807) is 0 Å². The lowest BCUT2D eigenvalue weighted by Crippen LogP contribution is -2.32. The van der Waals surface area contributed by atoms with Crippen molar-refractivity contribution in [3.63, 3.8) is 0 Å². The van der Waals surface area contributed by atoms with Crippen LogP contribution in [0, 0.1) is 0 Å². The number of hydrogen-bond acceptors (Lipinski definition) is 5. The third-order valence-electron chi connectivity index (χ3n) is 4.65. The normalized spacial score (nSPS) is 11.3. The number of benzene rings is 3. The monoisotopic (exact) mass is 440 g/mol. The summed E-state index contributed by atoms with van der Waals surface area (Å²) in [5.74, 6) is 0.324. The minimum absolute atomic E-state index is 0.000965. The zero-order valence-electron chi connectivity index (χ0n) is 17.1. The lowest BCUT2D eigenvalue weighted by atomic mass is 10.1. The summed E-state index contributed by atoms with van der Waals surface area (Å²) in [6.07, 6.45) is -0.000965. The Balaban J connectivity index is 1.40. The molecule has 0 bridgehead atoms. The topological polar surface area (TPSA) is 102 Å². The molecule has 3 aromatic carbocycles. The van der Waals surface area contributed by atoms with Crippen LogP contribution in [0.3, 0.4) is 0 Å². The number of sulfonamides is 1. The number of fused-ring (bicyclic) bond motifs is 1. The van der Waals surface area contributed by atoms with Crippen molar-refractivity contribution in [1.82, 2.24) is 10.0 Å². The molecule has 0 atom stereocenters. The van der Waals surface area contributed by atoms with Crippen LogP contribution < -0.4 is 14.8 Å². The Labute approximate surface area is 181 Å². The zero-order valence-corrected chi connectivity index (χ0v) is 17.9. The van der Waals surface area contributed by atoms with Crippen molar-refractivity contribution in [3.05, 3.63) is 72.3 Å². The number of Topliss-reactive ketones (excluding diaryl/α,β-unsaturated/α-hetero) is 1. The molecule has 1 amide bonds. The number of ether oxygens (including phenoxy) is 1. The molecule has 0 fully saturated rings. The van der Waals surface area contributed by atoms with E-state index >= 15 is 0 Å². The van der Waals surface area contributed by atoms with Gasteiger partial charge in [0.2, 0.25) is 15.9 Å². The first-order valence-electron chi connectivity index (χ1n) is 9.85. The molecule has 0 unspecified atom stereocenters. The highest BCUT2D eigenvalue weighted by atomic mass is 32.2. The molecule has 7 nitrogen and oxygen atoms in total. The second kappa shape index (κ2) is 10.2. The van der Waals surface area contributed by atoms with Crippen LogP contribution in [0.25, 0.3) is 10.8 Å². The first-order chi connectivity index (χ1) is 14.9. The maximum Gasteiger partial charge on any atom is 0.240 e. The van der Waals surface area contributed by atoms with E-state index in [4.69, 9.17) is 4.74 Å². The molecule has 0 radical (unpaired) electrons. The van der Waals surface area contributed by atoms with Crippen LogP contribution in [0.15, 0.2) is 71.6 Å². The Morgan fingerprint density at radius 1 is 0.903 bits per heavy atom. The van der Waals surface area contributed by atoms with Gasteiger partial charge in [-0.25, -0.2) is 13.1 Å². The molecule has 0 heterocycles. The van der Waals surface area contributed by atoms with Gasteiger partial charge in [0, 0.05) is 23.9 Å². The number of carbonyl (C=O) groups excluding carboxylic acids is 2. The molecule has 162 valence electrons. The largest absolute Gasteiger partial charge is 0.491 e. The highest BCUT2D eigenvalue weighted by Gasteiger charge is 2.14. The van der Waals surface area contributed by atoms with Crippen LogP contribution in [0.1, 0.15) is 23.7 Å². The van der Waals surface area contributed by atoms with Gasteiger partial charge in [0.05, 0.1) is 11.4 Å². The Hall–Kier alpha value is -3.23. The maximum atomic E-state index is 12.3. The summed E-state index contributed by atoms with van der Waals surface area (Å²) in [7, 11) is -3.75. The van der Waals surface area contributed by atoms with E-state index in [2.05, 4.69) is 10.0 Å². The van der Waals surface area contributed by atoms with Crippen molar-refractivity contribution in [2.75, 3.05) is 19.7 Å². The maximum absolute atomic E-state index is 12.3. The van der Waals surface area contributed by atoms with E-state index in [0.717, 1.165) is 16.5 Å². The summed E-state index contributed by atoms with van der Waals surface area (Å²) in [6.45, 7) is 1.98. The van der Waals surface area contributed by atoms with Gasteiger partial charge in [-0.2, -0.15) is 0 Å². The van der Waals surface area contributed by atoms with Gasteiger partial charge >= 0.3 is 0 Å². The predicted molar refractivity (Wildman–Crippen MR) is 119 cm³/mol. The molecule has 0 aromatic heterocycles. The molecule has 8 heteroatoms. The van der Waals surface area contributed by atoms with Gasteiger partial charge in [-0.05, 0) is 30.5 Å². The fraction of sp³-hybridized carbons (Fsp3) is 0.217. The quantitative estimate of drug-likeness (QED) is 0.373. The van der Waals surface area contributed by atoms with Crippen molar-refractivity contribution in [2.45, 2.75) is 18.2 Å². The third-order valence-corrected chi connectivity index (χ3v) is 6.12. The zero-order chi connectivity index (χ0) is 22.3. The van der Waals surface area contributed by atoms with Gasteiger partial charge in [-0.3, -0.25) is 9.59 Å². The first kappa shape index (κ1) is 22.5. The van der Waals surface area contributed by atoms with E-state index < -0.39 is 10.0 Å². The summed E-state index contributed by atoms with van der Waals surface area (Å²) in [4.78, 5) is 23.3. The van der Waals surface area contributed by atoms with E-state index in [-0.39, 0.29) is 29.6 Å². The van der Waals surface area contributed by atoms with Crippen molar-refractivity contribution in [1.29, 1.82) is 0 Å². The number of rotatable bonds is 10. The molecule has 31 heavy (non-hydrogen) atoms. The minimum atomic E-state index is -3.75. The Morgan fingerprint density at radius 2 is 1.61 bits per heavy atom. The van der Waals surface area contributed by atoms with Gasteiger partial charge in [0.1, 0.15) is 12.4 Å². The lowest BCUT2D eigenvalue weighted by molar-refractivity contribution is -0.121. The number of carbonyl (C=O) groups is 2. The second-order valence-corrected chi connectivity index (χ2v) is 8.67. The summed E-state index contributed by atoms with van der Waals surface area (Å²) >= 11 is 0.